The SMILES string of the molecule is CCS(=O)(=O)CCNc1nc(Cl)nc(NC)n1. The van der Waals surface area contributed by atoms with E-state index in [1.54, 1.807) is 14.0 Å². The van der Waals surface area contributed by atoms with Gasteiger partial charge in [-0.05, 0) is 11.6 Å². The molecular formula is C8H14ClN5O2S. The number of hydrogen-bond donors (Lipinski definition) is 2. The number of nitrogens with one attached hydrogen (secondary N) is 2. The van der Waals surface area contributed by atoms with Gasteiger partial charge in [0.15, 0.2) is 9.84 Å². The lowest BCUT2D eigenvalue weighted by atomic mass is 10.7. The Hall–Kier alpha value is -1.15. The van der Waals surface area contributed by atoms with Crippen LogP contribution in [0.3, 0.4) is 0 Å². The van der Waals surface area contributed by atoms with E-state index in [4.69, 9.17) is 11.6 Å². The van der Waals surface area contributed by atoms with Gasteiger partial charge in [-0.25, -0.2) is 8.42 Å². The Morgan fingerprint density at radius 1 is 1.24 bits per heavy atom. The quantitative estimate of drug-likeness (QED) is 0.778. The summed E-state index contributed by atoms with van der Waals surface area (Å²) >= 11 is 5.66. The highest BCUT2D eigenvalue weighted by atomic mass is 35.5. The minimum atomic E-state index is -3.00. The van der Waals surface area contributed by atoms with Crippen molar-refractivity contribution in [3.8, 4) is 0 Å². The molecule has 0 aliphatic heterocycles. The number of halogens is 1. The molecule has 0 aliphatic rings. The predicted molar refractivity (Wildman–Crippen MR) is 67.2 cm³/mol. The molecule has 9 heteroatoms. The Balaban J connectivity index is 2.61. The molecule has 17 heavy (non-hydrogen) atoms. The van der Waals surface area contributed by atoms with Gasteiger partial charge in [-0.1, -0.05) is 6.92 Å². The lowest BCUT2D eigenvalue weighted by molar-refractivity contribution is 0.597. The fourth-order valence-electron chi connectivity index (χ4n) is 1.00. The van der Waals surface area contributed by atoms with E-state index >= 15 is 0 Å². The van der Waals surface area contributed by atoms with Gasteiger partial charge in [0, 0.05) is 19.3 Å². The van der Waals surface area contributed by atoms with Crippen LogP contribution in [-0.2, 0) is 9.84 Å². The third-order valence-corrected chi connectivity index (χ3v) is 3.84. The van der Waals surface area contributed by atoms with Crippen molar-refractivity contribution in [2.75, 3.05) is 35.7 Å². The van der Waals surface area contributed by atoms with Crippen LogP contribution in [0.1, 0.15) is 6.92 Å². The molecule has 96 valence electrons. The Bertz CT molecular complexity index is 479. The largest absolute Gasteiger partial charge is 0.357 e. The van der Waals surface area contributed by atoms with Gasteiger partial charge in [-0.2, -0.15) is 15.0 Å². The van der Waals surface area contributed by atoms with Crippen molar-refractivity contribution in [2.24, 2.45) is 0 Å². The first kappa shape index (κ1) is 13.9. The molecule has 0 saturated carbocycles. The predicted octanol–water partition coefficient (Wildman–Crippen LogP) is 0.413. The summed E-state index contributed by atoms with van der Waals surface area (Å²) in [5.41, 5.74) is 0. The molecule has 1 heterocycles. The van der Waals surface area contributed by atoms with Crippen molar-refractivity contribution < 1.29 is 8.42 Å². The molecule has 1 aromatic heterocycles. The van der Waals surface area contributed by atoms with Gasteiger partial charge in [0.05, 0.1) is 5.75 Å². The minimum Gasteiger partial charge on any atom is -0.357 e. The van der Waals surface area contributed by atoms with E-state index in [1.807, 2.05) is 0 Å². The van der Waals surface area contributed by atoms with Crippen molar-refractivity contribution >= 4 is 33.3 Å². The molecule has 0 atom stereocenters. The average Bonchev–Trinajstić information content (AvgIpc) is 2.28. The molecule has 0 aliphatic carbocycles. The van der Waals surface area contributed by atoms with Gasteiger partial charge in [-0.3, -0.25) is 0 Å². The third-order valence-electron chi connectivity index (χ3n) is 1.97. The number of hydrogen-bond acceptors (Lipinski definition) is 7. The van der Waals surface area contributed by atoms with Crippen molar-refractivity contribution in [1.82, 2.24) is 15.0 Å². The van der Waals surface area contributed by atoms with E-state index in [-0.39, 0.29) is 29.3 Å². The summed E-state index contributed by atoms with van der Waals surface area (Å²) < 4.78 is 22.5. The molecule has 0 saturated heterocycles. The van der Waals surface area contributed by atoms with E-state index in [0.717, 1.165) is 0 Å². The molecule has 0 bridgehead atoms. The first-order valence-electron chi connectivity index (χ1n) is 5.00. The molecule has 1 rings (SSSR count). The molecule has 0 amide bonds. The highest BCUT2D eigenvalue weighted by Gasteiger charge is 2.08. The Kier molecular flexibility index (Phi) is 4.88. The zero-order chi connectivity index (χ0) is 12.9. The monoisotopic (exact) mass is 279 g/mol. The summed E-state index contributed by atoms with van der Waals surface area (Å²) in [6.07, 6.45) is 0. The molecule has 7 nitrogen and oxygen atoms in total. The van der Waals surface area contributed by atoms with Crippen LogP contribution in [0.25, 0.3) is 0 Å². The maximum Gasteiger partial charge on any atom is 0.228 e. The minimum absolute atomic E-state index is 0.0295. The smallest absolute Gasteiger partial charge is 0.228 e. The Labute approximate surface area is 105 Å². The van der Waals surface area contributed by atoms with Gasteiger partial charge in [0.2, 0.25) is 17.2 Å². The fraction of sp³-hybridized carbons (Fsp3) is 0.625. The summed E-state index contributed by atoms with van der Waals surface area (Å²) in [5, 5.41) is 5.55. The summed E-state index contributed by atoms with van der Waals surface area (Å²) in [6.45, 7) is 1.84. The average molecular weight is 280 g/mol. The van der Waals surface area contributed by atoms with E-state index in [9.17, 15) is 8.42 Å². The summed E-state index contributed by atoms with van der Waals surface area (Å²) in [6, 6.07) is 0. The number of sulfone groups is 1. The standard InChI is InChI=1S/C8H14ClN5O2S/c1-3-17(15,16)5-4-11-8-13-6(9)12-7(10-2)14-8/h3-5H2,1-2H3,(H2,10,11,12,13,14). The zero-order valence-corrected chi connectivity index (χ0v) is 11.1. The van der Waals surface area contributed by atoms with Gasteiger partial charge in [-0.15, -0.1) is 0 Å². The van der Waals surface area contributed by atoms with Crippen LogP contribution >= 0.6 is 11.6 Å². The molecule has 1 aromatic rings. The first-order valence-corrected chi connectivity index (χ1v) is 7.20. The van der Waals surface area contributed by atoms with E-state index in [2.05, 4.69) is 25.6 Å². The number of rotatable bonds is 6. The van der Waals surface area contributed by atoms with Gasteiger partial charge in [0.25, 0.3) is 0 Å². The van der Waals surface area contributed by atoms with Gasteiger partial charge in [0.1, 0.15) is 0 Å². The van der Waals surface area contributed by atoms with Crippen LogP contribution in [0.15, 0.2) is 0 Å². The van der Waals surface area contributed by atoms with Crippen molar-refractivity contribution in [2.45, 2.75) is 6.92 Å². The van der Waals surface area contributed by atoms with Crippen LogP contribution in [-0.4, -0.2) is 48.5 Å². The lowest BCUT2D eigenvalue weighted by Gasteiger charge is -2.06. The van der Waals surface area contributed by atoms with E-state index < -0.39 is 9.84 Å². The van der Waals surface area contributed by atoms with E-state index in [1.165, 1.54) is 0 Å². The Morgan fingerprint density at radius 3 is 2.47 bits per heavy atom. The fourth-order valence-corrected chi connectivity index (χ4v) is 1.87. The second-order valence-electron chi connectivity index (χ2n) is 3.16. The normalized spacial score (nSPS) is 11.2. The molecule has 2 N–H and O–H groups in total. The summed E-state index contributed by atoms with van der Waals surface area (Å²) in [5.74, 6) is 0.724. The molecule has 0 radical (unpaired) electrons. The molecule has 0 spiro atoms. The van der Waals surface area contributed by atoms with Crippen LogP contribution in [0.2, 0.25) is 5.28 Å². The van der Waals surface area contributed by atoms with Crippen molar-refractivity contribution in [3.63, 3.8) is 0 Å². The third kappa shape index (κ3) is 4.70. The molecule has 0 unspecified atom stereocenters. The van der Waals surface area contributed by atoms with Crippen LogP contribution in [0, 0.1) is 0 Å². The number of nitrogens with zero attached hydrogens (tertiary/aromatic N) is 3. The second-order valence-corrected chi connectivity index (χ2v) is 5.98. The highest BCUT2D eigenvalue weighted by Crippen LogP contribution is 2.08. The van der Waals surface area contributed by atoms with Crippen molar-refractivity contribution in [1.29, 1.82) is 0 Å². The topological polar surface area (TPSA) is 96.9 Å². The van der Waals surface area contributed by atoms with Crippen LogP contribution < -0.4 is 10.6 Å². The van der Waals surface area contributed by atoms with Crippen LogP contribution in [0.4, 0.5) is 11.9 Å². The maximum absolute atomic E-state index is 11.2. The highest BCUT2D eigenvalue weighted by molar-refractivity contribution is 7.91. The molecule has 0 fully saturated rings. The second kappa shape index (κ2) is 5.97. The lowest BCUT2D eigenvalue weighted by Crippen LogP contribution is -2.18. The van der Waals surface area contributed by atoms with Gasteiger partial charge < -0.3 is 10.6 Å². The molecule has 0 aromatic carbocycles. The summed E-state index contributed by atoms with van der Waals surface area (Å²) in [4.78, 5) is 11.6. The Morgan fingerprint density at radius 2 is 1.88 bits per heavy atom. The van der Waals surface area contributed by atoms with E-state index in [0.29, 0.717) is 5.95 Å². The molecular weight excluding hydrogens is 266 g/mol. The number of aromatic nitrogens is 3. The maximum atomic E-state index is 11.2. The summed E-state index contributed by atoms with van der Waals surface area (Å²) in [7, 11) is -1.35. The number of anilines is 2. The van der Waals surface area contributed by atoms with Crippen molar-refractivity contribution in [3.05, 3.63) is 5.28 Å². The van der Waals surface area contributed by atoms with Gasteiger partial charge >= 0.3 is 0 Å². The van der Waals surface area contributed by atoms with Crippen LogP contribution in [0.5, 0.6) is 0 Å². The zero-order valence-electron chi connectivity index (χ0n) is 9.57. The first-order chi connectivity index (χ1) is 7.96.